The van der Waals surface area contributed by atoms with Crippen molar-refractivity contribution in [2.75, 3.05) is 6.54 Å². The van der Waals surface area contributed by atoms with Crippen LogP contribution in [0.25, 0.3) is 0 Å². The largest absolute Gasteiger partial charge is 0.145 e. The number of rotatable bonds is 2. The summed E-state index contributed by atoms with van der Waals surface area (Å²) in [5.41, 5.74) is 8.24. The molecule has 0 aliphatic heterocycles. The Morgan fingerprint density at radius 2 is 2.00 bits per heavy atom. The minimum Gasteiger partial charge on any atom is -0.145 e. The van der Waals surface area contributed by atoms with Gasteiger partial charge in [-0.1, -0.05) is 13.8 Å². The molecule has 0 bridgehead atoms. The van der Waals surface area contributed by atoms with Crippen molar-refractivity contribution in [2.45, 2.75) is 20.3 Å². The molecule has 0 saturated carbocycles. The lowest BCUT2D eigenvalue weighted by Crippen LogP contribution is -1.91. The molecule has 0 aromatic carbocycles. The van der Waals surface area contributed by atoms with Crippen molar-refractivity contribution < 1.29 is 0 Å². The zero-order valence-electron chi connectivity index (χ0n) is 4.44. The third kappa shape index (κ3) is 3.96. The molecule has 0 saturated heterocycles. The second-order valence-corrected chi connectivity index (χ2v) is 1.91. The smallest absolute Gasteiger partial charge is 0.0324 e. The minimum absolute atomic E-state index is 0.331. The molecule has 0 aromatic heterocycles. The molecular weight excluding hydrogens is 74.1 g/mol. The Bertz CT molecular complexity index is 25.1. The van der Waals surface area contributed by atoms with Crippen molar-refractivity contribution in [1.29, 1.82) is 0 Å². The monoisotopic (exact) mass is 85.1 g/mol. The lowest BCUT2D eigenvalue weighted by Gasteiger charge is -1.94. The van der Waals surface area contributed by atoms with E-state index in [1.54, 1.807) is 0 Å². The molecule has 0 aliphatic rings. The van der Waals surface area contributed by atoms with Gasteiger partial charge in [-0.3, -0.25) is 0 Å². The fourth-order valence-electron chi connectivity index (χ4n) is 0.258. The maximum absolute atomic E-state index is 8.24. The van der Waals surface area contributed by atoms with E-state index in [9.17, 15) is 0 Å². The van der Waals surface area contributed by atoms with Gasteiger partial charge in [0.1, 0.15) is 0 Å². The molecular formula is C5H11N. The number of hydrogen-bond donors (Lipinski definition) is 0. The van der Waals surface area contributed by atoms with Gasteiger partial charge in [-0.2, -0.15) is 0 Å². The second-order valence-electron chi connectivity index (χ2n) is 1.91. The molecule has 36 valence electrons. The lowest BCUT2D eigenvalue weighted by atomic mass is 10.1. The van der Waals surface area contributed by atoms with Crippen LogP contribution >= 0.6 is 0 Å². The Hall–Kier alpha value is -0.0400. The molecule has 0 unspecified atom stereocenters. The summed E-state index contributed by atoms with van der Waals surface area (Å²) >= 11 is 0. The van der Waals surface area contributed by atoms with E-state index >= 15 is 0 Å². The Morgan fingerprint density at radius 3 is 2.00 bits per heavy atom. The Morgan fingerprint density at radius 1 is 1.50 bits per heavy atom. The van der Waals surface area contributed by atoms with Crippen LogP contribution in [0.2, 0.25) is 0 Å². The van der Waals surface area contributed by atoms with Crippen LogP contribution in [0.15, 0.2) is 0 Å². The van der Waals surface area contributed by atoms with Gasteiger partial charge < -0.3 is 0 Å². The van der Waals surface area contributed by atoms with E-state index in [-0.39, 0.29) is 0 Å². The Labute approximate surface area is 39.5 Å². The van der Waals surface area contributed by atoms with E-state index in [2.05, 4.69) is 13.8 Å². The first-order valence-electron chi connectivity index (χ1n) is 2.38. The summed E-state index contributed by atoms with van der Waals surface area (Å²) in [5, 5.41) is 0. The van der Waals surface area contributed by atoms with Crippen LogP contribution in [-0.4, -0.2) is 6.54 Å². The van der Waals surface area contributed by atoms with Crippen molar-refractivity contribution in [3.8, 4) is 0 Å². The third-order valence-corrected chi connectivity index (χ3v) is 0.706. The van der Waals surface area contributed by atoms with Crippen molar-refractivity contribution >= 4 is 0 Å². The average molecular weight is 85.2 g/mol. The summed E-state index contributed by atoms with van der Waals surface area (Å²) < 4.78 is 0. The predicted octanol–water partition coefficient (Wildman–Crippen LogP) is 1.10. The van der Waals surface area contributed by atoms with E-state index in [1.165, 1.54) is 0 Å². The molecule has 0 spiro atoms. The van der Waals surface area contributed by atoms with Gasteiger partial charge in [0.2, 0.25) is 0 Å². The van der Waals surface area contributed by atoms with Gasteiger partial charge in [-0.05, 0) is 12.3 Å². The van der Waals surface area contributed by atoms with Crippen LogP contribution in [0.5, 0.6) is 0 Å². The Kier molecular flexibility index (Phi) is 3.14. The fourth-order valence-corrected chi connectivity index (χ4v) is 0.258. The number of nitrogens with zero attached hydrogens (tertiary/aromatic N) is 1. The third-order valence-electron chi connectivity index (χ3n) is 0.706. The van der Waals surface area contributed by atoms with E-state index < -0.39 is 0 Å². The van der Waals surface area contributed by atoms with Crippen LogP contribution < -0.4 is 5.73 Å². The summed E-state index contributed by atoms with van der Waals surface area (Å²) in [5.74, 6) is 0.648. The highest BCUT2D eigenvalue weighted by molar-refractivity contribution is 4.41. The minimum atomic E-state index is 0.331. The highest BCUT2D eigenvalue weighted by Gasteiger charge is 1.87. The van der Waals surface area contributed by atoms with Gasteiger partial charge in [0.05, 0.1) is 0 Å². The molecule has 1 heteroatoms. The number of hydrogen-bond acceptors (Lipinski definition) is 0. The first-order chi connectivity index (χ1) is 2.77. The molecule has 2 radical (unpaired) electrons. The first-order valence-corrected chi connectivity index (χ1v) is 2.38. The SMILES string of the molecule is CC(C)CC[N]. The maximum Gasteiger partial charge on any atom is 0.0324 e. The van der Waals surface area contributed by atoms with Crippen molar-refractivity contribution in [1.82, 2.24) is 5.73 Å². The van der Waals surface area contributed by atoms with Crippen LogP contribution in [-0.2, 0) is 0 Å². The van der Waals surface area contributed by atoms with Gasteiger partial charge >= 0.3 is 0 Å². The molecule has 0 atom stereocenters. The molecule has 0 aromatic rings. The van der Waals surface area contributed by atoms with E-state index in [0.29, 0.717) is 12.5 Å². The highest BCUT2D eigenvalue weighted by Crippen LogP contribution is 1.94. The fraction of sp³-hybridized carbons (Fsp3) is 1.00. The molecule has 0 amide bonds. The van der Waals surface area contributed by atoms with E-state index in [4.69, 9.17) is 5.73 Å². The zero-order chi connectivity index (χ0) is 4.99. The van der Waals surface area contributed by atoms with Gasteiger partial charge in [0, 0.05) is 6.54 Å². The van der Waals surface area contributed by atoms with E-state index in [1.807, 2.05) is 0 Å². The van der Waals surface area contributed by atoms with Gasteiger partial charge in [-0.15, -0.1) is 5.73 Å². The Balaban J connectivity index is 2.63. The van der Waals surface area contributed by atoms with Gasteiger partial charge in [0.25, 0.3) is 0 Å². The molecule has 1 nitrogen and oxygen atoms in total. The molecule has 6 heavy (non-hydrogen) atoms. The zero-order valence-corrected chi connectivity index (χ0v) is 4.44. The van der Waals surface area contributed by atoms with Gasteiger partial charge in [-0.25, -0.2) is 0 Å². The quantitative estimate of drug-likeness (QED) is 0.479. The molecule has 0 rings (SSSR count). The highest BCUT2D eigenvalue weighted by atomic mass is 14.5. The second kappa shape index (κ2) is 3.16. The predicted molar refractivity (Wildman–Crippen MR) is 26.5 cm³/mol. The van der Waals surface area contributed by atoms with Crippen LogP contribution in [0.3, 0.4) is 0 Å². The standard InChI is InChI=1S/C5H11N/c1-5(2)3-4-6/h5H,3-4H2,1-2H3. The maximum atomic E-state index is 8.24. The summed E-state index contributed by atoms with van der Waals surface area (Å²) in [7, 11) is 0. The van der Waals surface area contributed by atoms with Crippen molar-refractivity contribution in [2.24, 2.45) is 5.92 Å². The van der Waals surface area contributed by atoms with Crippen LogP contribution in [0.1, 0.15) is 20.3 Å². The average Bonchev–Trinajstić information content (AvgIpc) is 1.35. The van der Waals surface area contributed by atoms with E-state index in [0.717, 1.165) is 6.42 Å². The van der Waals surface area contributed by atoms with Crippen LogP contribution in [0, 0.1) is 5.92 Å². The van der Waals surface area contributed by atoms with Crippen molar-refractivity contribution in [3.63, 3.8) is 0 Å². The molecule has 0 fully saturated rings. The summed E-state index contributed by atoms with van der Waals surface area (Å²) in [6.07, 6.45) is 0.931. The molecule has 0 heterocycles. The summed E-state index contributed by atoms with van der Waals surface area (Å²) in [6, 6.07) is 0. The first kappa shape index (κ1) is 5.96. The normalized spacial score (nSPS) is 10.0. The lowest BCUT2D eigenvalue weighted by molar-refractivity contribution is 0.591. The molecule has 0 aliphatic carbocycles. The van der Waals surface area contributed by atoms with Crippen molar-refractivity contribution in [3.05, 3.63) is 0 Å². The summed E-state index contributed by atoms with van der Waals surface area (Å²) in [4.78, 5) is 0. The molecule has 0 N–H and O–H groups in total. The summed E-state index contributed by atoms with van der Waals surface area (Å²) in [6.45, 7) is 4.52. The topological polar surface area (TPSA) is 22.3 Å². The van der Waals surface area contributed by atoms with Crippen LogP contribution in [0.4, 0.5) is 0 Å². The van der Waals surface area contributed by atoms with Gasteiger partial charge in [0.15, 0.2) is 0 Å².